The maximum atomic E-state index is 5.68. The van der Waals surface area contributed by atoms with Crippen molar-refractivity contribution in [3.05, 3.63) is 35.4 Å². The first-order valence-corrected chi connectivity index (χ1v) is 9.71. The second-order valence-electron chi connectivity index (χ2n) is 7.05. The summed E-state index contributed by atoms with van der Waals surface area (Å²) in [7, 11) is 1.82. The van der Waals surface area contributed by atoms with E-state index in [1.807, 2.05) is 7.05 Å². The minimum absolute atomic E-state index is 0. The molecule has 2 aliphatic heterocycles. The zero-order valence-electron chi connectivity index (χ0n) is 16.4. The topological polar surface area (TPSA) is 58.1 Å². The van der Waals surface area contributed by atoms with Crippen molar-refractivity contribution in [2.24, 2.45) is 4.99 Å². The number of benzene rings is 1. The SMILES string of the molecule is CN=C(NCC1CCCO1)NCC(c1cccc(C)c1)N1CCOCC1.I. The van der Waals surface area contributed by atoms with Crippen LogP contribution < -0.4 is 10.6 Å². The average molecular weight is 488 g/mol. The van der Waals surface area contributed by atoms with Gasteiger partial charge in [0.15, 0.2) is 5.96 Å². The van der Waals surface area contributed by atoms with Crippen molar-refractivity contribution in [3.63, 3.8) is 0 Å². The van der Waals surface area contributed by atoms with Gasteiger partial charge in [-0.2, -0.15) is 0 Å². The molecule has 152 valence electrons. The van der Waals surface area contributed by atoms with Crippen molar-refractivity contribution >= 4 is 29.9 Å². The van der Waals surface area contributed by atoms with Gasteiger partial charge in [-0.1, -0.05) is 29.8 Å². The molecule has 6 nitrogen and oxygen atoms in total. The molecule has 27 heavy (non-hydrogen) atoms. The highest BCUT2D eigenvalue weighted by Crippen LogP contribution is 2.22. The second-order valence-corrected chi connectivity index (χ2v) is 7.05. The van der Waals surface area contributed by atoms with Crippen molar-refractivity contribution in [3.8, 4) is 0 Å². The molecule has 2 fully saturated rings. The molecule has 0 bridgehead atoms. The van der Waals surface area contributed by atoms with Crippen LogP contribution in [-0.4, -0.2) is 70.0 Å². The van der Waals surface area contributed by atoms with Gasteiger partial charge in [-0.05, 0) is 25.3 Å². The van der Waals surface area contributed by atoms with Gasteiger partial charge >= 0.3 is 0 Å². The highest BCUT2D eigenvalue weighted by molar-refractivity contribution is 14.0. The molecule has 2 saturated heterocycles. The number of aryl methyl sites for hydroxylation is 1. The number of morpholine rings is 1. The average Bonchev–Trinajstić information content (AvgIpc) is 3.19. The summed E-state index contributed by atoms with van der Waals surface area (Å²) in [4.78, 5) is 6.87. The van der Waals surface area contributed by atoms with Crippen molar-refractivity contribution in [2.75, 3.05) is 53.0 Å². The molecular weight excluding hydrogens is 455 g/mol. The fraction of sp³-hybridized carbons (Fsp3) is 0.650. The summed E-state index contributed by atoms with van der Waals surface area (Å²) < 4.78 is 11.2. The summed E-state index contributed by atoms with van der Waals surface area (Å²) in [5.41, 5.74) is 2.63. The van der Waals surface area contributed by atoms with Gasteiger partial charge in [0.05, 0.1) is 25.4 Å². The zero-order chi connectivity index (χ0) is 18.2. The number of hydrogen-bond donors (Lipinski definition) is 2. The third kappa shape index (κ3) is 6.89. The van der Waals surface area contributed by atoms with Gasteiger partial charge in [0, 0.05) is 39.8 Å². The molecule has 0 aromatic heterocycles. The van der Waals surface area contributed by atoms with Crippen molar-refractivity contribution < 1.29 is 9.47 Å². The lowest BCUT2D eigenvalue weighted by Crippen LogP contribution is -2.47. The van der Waals surface area contributed by atoms with Gasteiger partial charge in [0.1, 0.15) is 0 Å². The number of nitrogens with one attached hydrogen (secondary N) is 2. The predicted molar refractivity (Wildman–Crippen MR) is 120 cm³/mol. The molecule has 2 atom stereocenters. The molecule has 0 saturated carbocycles. The number of rotatable bonds is 6. The molecule has 3 rings (SSSR count). The smallest absolute Gasteiger partial charge is 0.191 e. The van der Waals surface area contributed by atoms with E-state index in [0.717, 1.165) is 64.8 Å². The number of hydrogen-bond acceptors (Lipinski definition) is 4. The maximum absolute atomic E-state index is 5.68. The number of halogens is 1. The van der Waals surface area contributed by atoms with Crippen LogP contribution in [0, 0.1) is 6.92 Å². The van der Waals surface area contributed by atoms with E-state index in [-0.39, 0.29) is 24.0 Å². The Bertz CT molecular complexity index is 587. The van der Waals surface area contributed by atoms with Crippen LogP contribution in [0.5, 0.6) is 0 Å². The van der Waals surface area contributed by atoms with E-state index in [0.29, 0.717) is 12.1 Å². The van der Waals surface area contributed by atoms with Gasteiger partial charge in [0.2, 0.25) is 0 Å². The maximum Gasteiger partial charge on any atom is 0.191 e. The Kier molecular flexibility index (Phi) is 9.81. The van der Waals surface area contributed by atoms with Gasteiger partial charge < -0.3 is 20.1 Å². The van der Waals surface area contributed by atoms with Gasteiger partial charge in [-0.25, -0.2) is 0 Å². The molecule has 0 amide bonds. The molecule has 2 N–H and O–H groups in total. The Balaban J connectivity index is 0.00000261. The van der Waals surface area contributed by atoms with Crippen molar-refractivity contribution in [1.29, 1.82) is 0 Å². The lowest BCUT2D eigenvalue weighted by atomic mass is 10.0. The van der Waals surface area contributed by atoms with E-state index in [9.17, 15) is 0 Å². The normalized spacial score (nSPS) is 22.1. The lowest BCUT2D eigenvalue weighted by Gasteiger charge is -2.35. The van der Waals surface area contributed by atoms with E-state index in [1.54, 1.807) is 0 Å². The number of aliphatic imine (C=N–C) groups is 1. The Hall–Kier alpha value is -0.900. The predicted octanol–water partition coefficient (Wildman–Crippen LogP) is 2.33. The molecule has 7 heteroatoms. The molecule has 2 unspecified atom stereocenters. The first-order chi connectivity index (χ1) is 12.8. The van der Waals surface area contributed by atoms with E-state index in [4.69, 9.17) is 9.47 Å². The van der Waals surface area contributed by atoms with Gasteiger partial charge in [0.25, 0.3) is 0 Å². The summed E-state index contributed by atoms with van der Waals surface area (Å²) in [6, 6.07) is 9.10. The summed E-state index contributed by atoms with van der Waals surface area (Å²) in [6.45, 7) is 8.17. The third-order valence-corrected chi connectivity index (χ3v) is 5.12. The van der Waals surface area contributed by atoms with Gasteiger partial charge in [-0.15, -0.1) is 24.0 Å². The summed E-state index contributed by atoms with van der Waals surface area (Å²) >= 11 is 0. The Morgan fingerprint density at radius 2 is 2.07 bits per heavy atom. The first kappa shape index (κ1) is 22.4. The summed E-state index contributed by atoms with van der Waals surface area (Å²) in [6.07, 6.45) is 2.59. The number of nitrogens with zero attached hydrogens (tertiary/aromatic N) is 2. The zero-order valence-corrected chi connectivity index (χ0v) is 18.8. The number of guanidine groups is 1. The summed E-state index contributed by atoms with van der Waals surface area (Å²) in [5.74, 6) is 0.839. The van der Waals surface area contributed by atoms with Crippen molar-refractivity contribution in [1.82, 2.24) is 15.5 Å². The van der Waals surface area contributed by atoms with Crippen LogP contribution in [0.1, 0.15) is 30.0 Å². The molecular formula is C20H33IN4O2. The molecule has 0 spiro atoms. The lowest BCUT2D eigenvalue weighted by molar-refractivity contribution is 0.0169. The standard InChI is InChI=1S/C20H32N4O2.HI/c1-16-5-3-6-17(13-16)19(24-8-11-25-12-9-24)15-23-20(21-2)22-14-18-7-4-10-26-18;/h3,5-6,13,18-19H,4,7-12,14-15H2,1-2H3,(H2,21,22,23);1H. The first-order valence-electron chi connectivity index (χ1n) is 9.71. The van der Waals surface area contributed by atoms with Crippen LogP contribution in [0.25, 0.3) is 0 Å². The monoisotopic (exact) mass is 488 g/mol. The van der Waals surface area contributed by atoms with Crippen LogP contribution in [0.15, 0.2) is 29.3 Å². The number of ether oxygens (including phenoxy) is 2. The Morgan fingerprint density at radius 3 is 2.74 bits per heavy atom. The minimum Gasteiger partial charge on any atom is -0.379 e. The van der Waals surface area contributed by atoms with E-state index in [2.05, 4.69) is 51.7 Å². The van der Waals surface area contributed by atoms with Crippen LogP contribution in [0.3, 0.4) is 0 Å². The fourth-order valence-corrected chi connectivity index (χ4v) is 3.65. The third-order valence-electron chi connectivity index (χ3n) is 5.12. The van der Waals surface area contributed by atoms with Crippen LogP contribution in [0.2, 0.25) is 0 Å². The van der Waals surface area contributed by atoms with Crippen LogP contribution in [0.4, 0.5) is 0 Å². The van der Waals surface area contributed by atoms with E-state index in [1.165, 1.54) is 11.1 Å². The largest absolute Gasteiger partial charge is 0.379 e. The molecule has 2 aliphatic rings. The molecule has 2 heterocycles. The van der Waals surface area contributed by atoms with Crippen LogP contribution in [-0.2, 0) is 9.47 Å². The highest BCUT2D eigenvalue weighted by atomic mass is 127. The molecule has 0 aliphatic carbocycles. The molecule has 0 radical (unpaired) electrons. The quantitative estimate of drug-likeness (QED) is 0.366. The minimum atomic E-state index is 0. The molecule has 1 aromatic carbocycles. The van der Waals surface area contributed by atoms with Gasteiger partial charge in [-0.3, -0.25) is 9.89 Å². The van der Waals surface area contributed by atoms with E-state index >= 15 is 0 Å². The highest BCUT2D eigenvalue weighted by Gasteiger charge is 2.23. The fourth-order valence-electron chi connectivity index (χ4n) is 3.65. The Morgan fingerprint density at radius 1 is 1.26 bits per heavy atom. The Labute approximate surface area is 180 Å². The van der Waals surface area contributed by atoms with Crippen molar-refractivity contribution in [2.45, 2.75) is 31.9 Å². The summed E-state index contributed by atoms with van der Waals surface area (Å²) in [5, 5.41) is 6.91. The molecule has 1 aromatic rings. The second kappa shape index (κ2) is 11.8. The van der Waals surface area contributed by atoms with Crippen LogP contribution >= 0.6 is 24.0 Å². The van der Waals surface area contributed by atoms with E-state index < -0.39 is 0 Å².